The van der Waals surface area contributed by atoms with E-state index in [0.29, 0.717) is 5.92 Å². The second-order valence-electron chi connectivity index (χ2n) is 6.85. The Labute approximate surface area is 160 Å². The molecule has 1 fully saturated rings. The minimum Gasteiger partial charge on any atom is -0.338 e. The molecule has 1 saturated heterocycles. The van der Waals surface area contributed by atoms with Gasteiger partial charge in [0.05, 0.1) is 5.69 Å². The molecule has 4 nitrogen and oxygen atoms in total. The molecule has 2 aromatic rings. The first-order chi connectivity index (χ1) is 12.7. The van der Waals surface area contributed by atoms with Crippen molar-refractivity contribution in [3.63, 3.8) is 0 Å². The van der Waals surface area contributed by atoms with Crippen LogP contribution in [0.4, 0.5) is 10.5 Å². The molecule has 0 saturated carbocycles. The maximum atomic E-state index is 12.2. The van der Waals surface area contributed by atoms with Crippen molar-refractivity contribution < 1.29 is 4.79 Å². The van der Waals surface area contributed by atoms with Crippen LogP contribution < -0.4 is 10.6 Å². The van der Waals surface area contributed by atoms with Crippen molar-refractivity contribution in [3.05, 3.63) is 59.7 Å². The summed E-state index contributed by atoms with van der Waals surface area (Å²) in [4.78, 5) is 15.8. The third kappa shape index (κ3) is 5.02. The number of nitrogens with one attached hydrogen (secondary N) is 2. The number of para-hydroxylation sites is 1. The van der Waals surface area contributed by atoms with Gasteiger partial charge in [-0.05, 0) is 55.3 Å². The van der Waals surface area contributed by atoms with Crippen LogP contribution in [0, 0.1) is 12.8 Å². The Morgan fingerprint density at radius 2 is 1.96 bits per heavy atom. The molecular formula is C21H27N3OS. The molecule has 1 aliphatic rings. The molecule has 1 heterocycles. The highest BCUT2D eigenvalue weighted by molar-refractivity contribution is 7.98. The van der Waals surface area contributed by atoms with E-state index in [1.165, 1.54) is 11.1 Å². The van der Waals surface area contributed by atoms with Gasteiger partial charge in [0.25, 0.3) is 0 Å². The van der Waals surface area contributed by atoms with E-state index in [4.69, 9.17) is 0 Å². The lowest BCUT2D eigenvalue weighted by atomic mass is 10.1. The first-order valence-electron chi connectivity index (χ1n) is 9.10. The van der Waals surface area contributed by atoms with Crippen molar-refractivity contribution in [3.8, 4) is 0 Å². The van der Waals surface area contributed by atoms with Crippen LogP contribution in [0.2, 0.25) is 0 Å². The first kappa shape index (κ1) is 18.8. The van der Waals surface area contributed by atoms with Gasteiger partial charge in [0.15, 0.2) is 0 Å². The fraction of sp³-hybridized carbons (Fsp3) is 0.381. The Hall–Kier alpha value is -1.98. The van der Waals surface area contributed by atoms with Gasteiger partial charge in [0.2, 0.25) is 0 Å². The number of rotatable bonds is 6. The normalized spacial score (nSPS) is 17.2. The highest BCUT2D eigenvalue weighted by Gasteiger charge is 2.23. The number of benzene rings is 2. The molecule has 2 N–H and O–H groups in total. The van der Waals surface area contributed by atoms with Crippen LogP contribution in [0.25, 0.3) is 0 Å². The summed E-state index contributed by atoms with van der Waals surface area (Å²) in [6, 6.07) is 16.3. The number of amides is 2. The van der Waals surface area contributed by atoms with Crippen molar-refractivity contribution >= 4 is 23.5 Å². The second kappa shape index (κ2) is 9.10. The summed E-state index contributed by atoms with van der Waals surface area (Å²) in [5.74, 6) is 0.514. The van der Waals surface area contributed by atoms with Crippen molar-refractivity contribution in [2.24, 2.45) is 5.92 Å². The van der Waals surface area contributed by atoms with Crippen LogP contribution >= 0.6 is 11.8 Å². The molecule has 3 rings (SSSR count). The number of hydrogen-bond acceptors (Lipinski definition) is 3. The average Bonchev–Trinajstić information content (AvgIpc) is 3.10. The molecule has 2 amide bonds. The summed E-state index contributed by atoms with van der Waals surface area (Å²) >= 11 is 1.63. The number of aryl methyl sites for hydroxylation is 1. The van der Waals surface area contributed by atoms with Crippen LogP contribution in [-0.4, -0.2) is 36.8 Å². The molecule has 0 aromatic heterocycles. The Morgan fingerprint density at radius 3 is 2.77 bits per heavy atom. The van der Waals surface area contributed by atoms with Crippen LogP contribution in [-0.2, 0) is 6.54 Å². The van der Waals surface area contributed by atoms with Gasteiger partial charge in [-0.1, -0.05) is 36.4 Å². The quantitative estimate of drug-likeness (QED) is 0.744. The SMILES string of the molecule is CSc1ccccc1NC(=O)NC[C@H]1CCN(Cc2ccccc2C)C1. The summed E-state index contributed by atoms with van der Waals surface area (Å²) in [5, 5.41) is 5.99. The van der Waals surface area contributed by atoms with E-state index >= 15 is 0 Å². The summed E-state index contributed by atoms with van der Waals surface area (Å²) in [6.45, 7) is 6.02. The Morgan fingerprint density at radius 1 is 1.19 bits per heavy atom. The van der Waals surface area contributed by atoms with Crippen molar-refractivity contribution in [2.45, 2.75) is 24.8 Å². The van der Waals surface area contributed by atoms with E-state index in [9.17, 15) is 4.79 Å². The van der Waals surface area contributed by atoms with Gasteiger partial charge in [0, 0.05) is 24.5 Å². The fourth-order valence-electron chi connectivity index (χ4n) is 3.40. The van der Waals surface area contributed by atoms with Crippen LogP contribution in [0.5, 0.6) is 0 Å². The van der Waals surface area contributed by atoms with Gasteiger partial charge in [-0.15, -0.1) is 11.8 Å². The Bertz CT molecular complexity index is 750. The standard InChI is InChI=1S/C21H27N3OS/c1-16-7-3-4-8-18(16)15-24-12-11-17(14-24)13-22-21(25)23-19-9-5-6-10-20(19)26-2/h3-10,17H,11-15H2,1-2H3,(H2,22,23,25)/t17-/m1/s1. The van der Waals surface area contributed by atoms with E-state index in [0.717, 1.165) is 43.2 Å². The lowest BCUT2D eigenvalue weighted by Crippen LogP contribution is -2.34. The van der Waals surface area contributed by atoms with Crippen molar-refractivity contribution in [1.82, 2.24) is 10.2 Å². The summed E-state index contributed by atoms with van der Waals surface area (Å²) in [7, 11) is 0. The number of carbonyl (C=O) groups excluding carboxylic acids is 1. The average molecular weight is 370 g/mol. The molecule has 1 atom stereocenters. The second-order valence-corrected chi connectivity index (χ2v) is 7.70. The van der Waals surface area contributed by atoms with E-state index < -0.39 is 0 Å². The number of likely N-dealkylation sites (tertiary alicyclic amines) is 1. The lowest BCUT2D eigenvalue weighted by Gasteiger charge is -2.18. The molecule has 2 aromatic carbocycles. The van der Waals surface area contributed by atoms with Crippen LogP contribution in [0.15, 0.2) is 53.4 Å². The molecule has 0 aliphatic carbocycles. The number of carbonyl (C=O) groups is 1. The zero-order valence-electron chi connectivity index (χ0n) is 15.5. The Balaban J connectivity index is 1.44. The fourth-order valence-corrected chi connectivity index (χ4v) is 3.96. The molecule has 1 aliphatic heterocycles. The van der Waals surface area contributed by atoms with Gasteiger partial charge in [-0.2, -0.15) is 0 Å². The van der Waals surface area contributed by atoms with Gasteiger partial charge in [0.1, 0.15) is 0 Å². The number of urea groups is 1. The molecule has 26 heavy (non-hydrogen) atoms. The molecule has 5 heteroatoms. The Kier molecular flexibility index (Phi) is 6.58. The molecular weight excluding hydrogens is 342 g/mol. The van der Waals surface area contributed by atoms with E-state index in [-0.39, 0.29) is 6.03 Å². The largest absolute Gasteiger partial charge is 0.338 e. The molecule has 138 valence electrons. The molecule has 0 radical (unpaired) electrons. The maximum absolute atomic E-state index is 12.2. The number of nitrogens with zero attached hydrogens (tertiary/aromatic N) is 1. The van der Waals surface area contributed by atoms with E-state index in [1.54, 1.807) is 11.8 Å². The molecule has 0 spiro atoms. The zero-order chi connectivity index (χ0) is 18.4. The van der Waals surface area contributed by atoms with Gasteiger partial charge in [-0.25, -0.2) is 4.79 Å². The predicted octanol–water partition coefficient (Wildman–Crippen LogP) is 4.36. The maximum Gasteiger partial charge on any atom is 0.319 e. The van der Waals surface area contributed by atoms with Gasteiger partial charge < -0.3 is 10.6 Å². The van der Waals surface area contributed by atoms with Crippen LogP contribution in [0.3, 0.4) is 0 Å². The van der Waals surface area contributed by atoms with Crippen molar-refractivity contribution in [1.29, 1.82) is 0 Å². The smallest absolute Gasteiger partial charge is 0.319 e. The number of anilines is 1. The zero-order valence-corrected chi connectivity index (χ0v) is 16.3. The van der Waals surface area contributed by atoms with Gasteiger partial charge >= 0.3 is 6.03 Å². The molecule has 0 bridgehead atoms. The minimum atomic E-state index is -0.121. The summed E-state index contributed by atoms with van der Waals surface area (Å²) in [5.41, 5.74) is 3.61. The summed E-state index contributed by atoms with van der Waals surface area (Å²) in [6.07, 6.45) is 3.15. The van der Waals surface area contributed by atoms with E-state index in [2.05, 4.69) is 46.7 Å². The van der Waals surface area contributed by atoms with Crippen LogP contribution in [0.1, 0.15) is 17.5 Å². The highest BCUT2D eigenvalue weighted by atomic mass is 32.2. The minimum absolute atomic E-state index is 0.121. The first-order valence-corrected chi connectivity index (χ1v) is 10.3. The number of thioether (sulfide) groups is 1. The van der Waals surface area contributed by atoms with Gasteiger partial charge in [-0.3, -0.25) is 4.90 Å². The third-order valence-corrected chi connectivity index (χ3v) is 5.73. The highest BCUT2D eigenvalue weighted by Crippen LogP contribution is 2.24. The monoisotopic (exact) mass is 369 g/mol. The lowest BCUT2D eigenvalue weighted by molar-refractivity contribution is 0.249. The predicted molar refractivity (Wildman–Crippen MR) is 110 cm³/mol. The third-order valence-electron chi connectivity index (χ3n) is 4.93. The number of hydrogen-bond donors (Lipinski definition) is 2. The van der Waals surface area contributed by atoms with E-state index in [1.807, 2.05) is 30.5 Å². The topological polar surface area (TPSA) is 44.4 Å². The molecule has 0 unspecified atom stereocenters. The van der Waals surface area contributed by atoms with Crippen molar-refractivity contribution in [2.75, 3.05) is 31.2 Å². The summed E-state index contributed by atoms with van der Waals surface area (Å²) < 4.78 is 0.